The largest absolute Gasteiger partial charge is 0.472 e. The molecule has 0 spiro atoms. The predicted octanol–water partition coefficient (Wildman–Crippen LogP) is 9.32. The number of benzene rings is 3. The summed E-state index contributed by atoms with van der Waals surface area (Å²) in [4.78, 5) is 11.6. The number of nitrogens with one attached hydrogen (secondary N) is 1. The fourth-order valence-corrected chi connectivity index (χ4v) is 6.99. The summed E-state index contributed by atoms with van der Waals surface area (Å²) >= 11 is 20.9. The predicted molar refractivity (Wildman–Crippen MR) is 195 cm³/mol. The molecule has 0 unspecified atom stereocenters. The minimum Gasteiger partial charge on any atom is -0.472 e. The zero-order valence-corrected chi connectivity index (χ0v) is 29.0. The number of pyridine rings is 2. The van der Waals surface area contributed by atoms with E-state index < -0.39 is 0 Å². The summed E-state index contributed by atoms with van der Waals surface area (Å²) < 4.78 is 6.27. The van der Waals surface area contributed by atoms with Crippen LogP contribution in [-0.4, -0.2) is 35.0 Å². The molecule has 0 saturated carbocycles. The zero-order valence-electron chi connectivity index (χ0n) is 26.8. The number of aromatic nitrogens is 2. The minimum absolute atomic E-state index is 0.183. The molecule has 0 atom stereocenters. The number of ether oxygens (including phenoxy) is 1. The quantitative estimate of drug-likeness (QED) is 0.140. The summed E-state index contributed by atoms with van der Waals surface area (Å²) in [5, 5.41) is 14.2. The number of nitrogens with zero attached hydrogens (tertiary/aromatic N) is 4. The van der Waals surface area contributed by atoms with Crippen molar-refractivity contribution in [3.8, 4) is 34.2 Å². The third-order valence-corrected chi connectivity index (χ3v) is 9.78. The number of rotatable bonds is 12. The molecule has 6 nitrogen and oxygen atoms in total. The number of hydrogen-bond acceptors (Lipinski definition) is 6. The van der Waals surface area contributed by atoms with E-state index in [-0.39, 0.29) is 6.61 Å². The molecule has 5 aromatic rings. The van der Waals surface area contributed by atoms with Crippen molar-refractivity contribution in [2.45, 2.75) is 45.4 Å². The molecule has 3 aromatic carbocycles. The molecule has 6 rings (SSSR count). The van der Waals surface area contributed by atoms with Crippen molar-refractivity contribution in [2.24, 2.45) is 0 Å². The highest BCUT2D eigenvalue weighted by atomic mass is 35.5. The van der Waals surface area contributed by atoms with Crippen LogP contribution in [0.5, 0.6) is 5.88 Å². The van der Waals surface area contributed by atoms with Gasteiger partial charge >= 0.3 is 0 Å². The maximum atomic E-state index is 9.31. The van der Waals surface area contributed by atoms with Gasteiger partial charge in [-0.3, -0.25) is 9.88 Å². The van der Waals surface area contributed by atoms with Crippen LogP contribution in [0.2, 0.25) is 15.1 Å². The summed E-state index contributed by atoms with van der Waals surface area (Å²) in [7, 11) is 1.93. The molecule has 3 heterocycles. The van der Waals surface area contributed by atoms with Crippen molar-refractivity contribution >= 4 is 34.8 Å². The Morgan fingerprint density at radius 1 is 0.833 bits per heavy atom. The van der Waals surface area contributed by atoms with Crippen molar-refractivity contribution in [1.29, 1.82) is 5.26 Å². The van der Waals surface area contributed by atoms with Crippen LogP contribution >= 0.6 is 34.8 Å². The number of hydrogen-bond donors (Lipinski definition) is 1. The molecule has 1 saturated heterocycles. The first kappa shape index (κ1) is 33.9. The Bertz CT molecular complexity index is 1930. The summed E-state index contributed by atoms with van der Waals surface area (Å²) in [6, 6.07) is 26.3. The van der Waals surface area contributed by atoms with Crippen molar-refractivity contribution in [3.63, 3.8) is 0 Å². The second-order valence-electron chi connectivity index (χ2n) is 12.0. The highest BCUT2D eigenvalue weighted by Crippen LogP contribution is 2.40. The lowest BCUT2D eigenvalue weighted by molar-refractivity contribution is 0.291. The van der Waals surface area contributed by atoms with E-state index in [1.54, 1.807) is 12.4 Å². The minimum atomic E-state index is 0.183. The summed E-state index contributed by atoms with van der Waals surface area (Å²) in [5.74, 6) is 0.365. The van der Waals surface area contributed by atoms with Crippen molar-refractivity contribution in [1.82, 2.24) is 20.2 Å². The van der Waals surface area contributed by atoms with Gasteiger partial charge in [-0.15, -0.1) is 0 Å². The third kappa shape index (κ3) is 8.01. The fraction of sp³-hybridized carbons (Fsp3) is 0.256. The lowest BCUT2D eigenvalue weighted by Crippen LogP contribution is -2.20. The topological polar surface area (TPSA) is 74.1 Å². The number of halogens is 3. The molecule has 244 valence electrons. The molecule has 1 fully saturated rings. The molecule has 2 aromatic heterocycles. The molecule has 1 aliphatic heterocycles. The first-order chi connectivity index (χ1) is 23.4. The van der Waals surface area contributed by atoms with E-state index in [4.69, 9.17) is 44.5 Å². The molecule has 1 aliphatic rings. The molecular weight excluding hydrogens is 661 g/mol. The number of nitriles is 1. The van der Waals surface area contributed by atoms with E-state index in [1.165, 1.54) is 18.4 Å². The molecule has 0 radical (unpaired) electrons. The molecule has 9 heteroatoms. The van der Waals surface area contributed by atoms with E-state index in [1.807, 2.05) is 55.6 Å². The number of aryl methyl sites for hydroxylation is 2. The Morgan fingerprint density at radius 3 is 2.31 bits per heavy atom. The Balaban J connectivity index is 1.24. The van der Waals surface area contributed by atoms with E-state index in [0.717, 1.165) is 70.8 Å². The standard InChI is InChI=1S/C39H36Cl3N5O/c1-44-21-26-10-13-29(14-11-26)32-7-5-9-34(38(32)42)33-8-4-6-30(37(33)41)25-48-39-35(40)19-31(24-47-16-2-3-17-47)36(46-39)15-12-27-18-28(20-43)23-45-22-27/h4-11,13-14,18-19,22-23,44H,2-3,12,15-17,21,24-25H2,1H3. The first-order valence-electron chi connectivity index (χ1n) is 16.1. The van der Waals surface area contributed by atoms with Gasteiger partial charge in [0, 0.05) is 53.4 Å². The van der Waals surface area contributed by atoms with Crippen LogP contribution in [0.15, 0.2) is 85.2 Å². The Kier molecular flexibility index (Phi) is 11.3. The van der Waals surface area contributed by atoms with Crippen LogP contribution in [0.1, 0.15) is 46.4 Å². The van der Waals surface area contributed by atoms with E-state index in [2.05, 4.69) is 45.5 Å². The van der Waals surface area contributed by atoms with Crippen molar-refractivity contribution < 1.29 is 4.74 Å². The van der Waals surface area contributed by atoms with Gasteiger partial charge in [0.1, 0.15) is 17.7 Å². The first-order valence-corrected chi connectivity index (χ1v) is 17.2. The summed E-state index contributed by atoms with van der Waals surface area (Å²) in [6.07, 6.45) is 7.12. The highest BCUT2D eigenvalue weighted by Gasteiger charge is 2.19. The molecule has 1 N–H and O–H groups in total. The van der Waals surface area contributed by atoms with E-state index in [0.29, 0.717) is 39.4 Å². The Labute approximate surface area is 297 Å². The number of likely N-dealkylation sites (tertiary alicyclic amines) is 1. The molecule has 0 bridgehead atoms. The van der Waals surface area contributed by atoms with Crippen LogP contribution < -0.4 is 10.1 Å². The van der Waals surface area contributed by atoms with Gasteiger partial charge in [-0.05, 0) is 80.2 Å². The van der Waals surface area contributed by atoms with Crippen LogP contribution in [0.4, 0.5) is 0 Å². The molecular formula is C39H36Cl3N5O. The SMILES string of the molecule is CNCc1ccc(-c2cccc(-c3cccc(COc4nc(CCc5cncc(C#N)c5)c(CN5CCCC5)cc4Cl)c3Cl)c2Cl)cc1. The average Bonchev–Trinajstić information content (AvgIpc) is 3.62. The average molecular weight is 697 g/mol. The van der Waals surface area contributed by atoms with E-state index >= 15 is 0 Å². The lowest BCUT2D eigenvalue weighted by Gasteiger charge is -2.19. The molecule has 0 amide bonds. The van der Waals surface area contributed by atoms with Crippen LogP contribution in [0.3, 0.4) is 0 Å². The normalized spacial score (nSPS) is 13.1. The molecule has 0 aliphatic carbocycles. The maximum Gasteiger partial charge on any atom is 0.233 e. The second kappa shape index (κ2) is 16.0. The smallest absolute Gasteiger partial charge is 0.233 e. The van der Waals surface area contributed by atoms with Gasteiger partial charge in [0.2, 0.25) is 5.88 Å². The van der Waals surface area contributed by atoms with Gasteiger partial charge in [0.25, 0.3) is 0 Å². The summed E-state index contributed by atoms with van der Waals surface area (Å²) in [6.45, 7) is 3.90. The second-order valence-corrected chi connectivity index (χ2v) is 13.2. The van der Waals surface area contributed by atoms with Gasteiger partial charge in [-0.2, -0.15) is 5.26 Å². The fourth-order valence-electron chi connectivity index (χ4n) is 6.14. The van der Waals surface area contributed by atoms with Crippen LogP contribution in [0, 0.1) is 11.3 Å². The monoisotopic (exact) mass is 695 g/mol. The highest BCUT2D eigenvalue weighted by molar-refractivity contribution is 6.38. The zero-order chi connectivity index (χ0) is 33.5. The Hall–Kier alpha value is -3.96. The third-order valence-electron chi connectivity index (χ3n) is 8.66. The van der Waals surface area contributed by atoms with Crippen molar-refractivity contribution in [3.05, 3.63) is 134 Å². The van der Waals surface area contributed by atoms with Gasteiger partial charge in [0.05, 0.1) is 15.6 Å². The van der Waals surface area contributed by atoms with E-state index in [9.17, 15) is 5.26 Å². The summed E-state index contributed by atoms with van der Waals surface area (Å²) in [5.41, 5.74) is 9.19. The van der Waals surface area contributed by atoms with Gasteiger partial charge < -0.3 is 10.1 Å². The Morgan fingerprint density at radius 2 is 1.56 bits per heavy atom. The lowest BCUT2D eigenvalue weighted by atomic mass is 9.97. The van der Waals surface area contributed by atoms with Gasteiger partial charge in [0.15, 0.2) is 0 Å². The molecule has 48 heavy (non-hydrogen) atoms. The van der Waals surface area contributed by atoms with Gasteiger partial charge in [-0.25, -0.2) is 4.98 Å². The van der Waals surface area contributed by atoms with Gasteiger partial charge in [-0.1, -0.05) is 95.5 Å². The maximum absolute atomic E-state index is 9.31. The van der Waals surface area contributed by atoms with Crippen molar-refractivity contribution in [2.75, 3.05) is 20.1 Å². The van der Waals surface area contributed by atoms with Crippen LogP contribution in [0.25, 0.3) is 22.3 Å². The van der Waals surface area contributed by atoms with Crippen LogP contribution in [-0.2, 0) is 32.5 Å².